The second kappa shape index (κ2) is 11.2. The summed E-state index contributed by atoms with van der Waals surface area (Å²) in [7, 11) is 1.47. The molecule has 11 nitrogen and oxygen atoms in total. The number of nitrogens with zero attached hydrogens (tertiary/aromatic N) is 3. The molecule has 0 radical (unpaired) electrons. The number of rotatable bonds is 7. The second-order valence-corrected chi connectivity index (χ2v) is 11.4. The Kier molecular flexibility index (Phi) is 7.79. The summed E-state index contributed by atoms with van der Waals surface area (Å²) in [6.45, 7) is 4.51. The average Bonchev–Trinajstić information content (AvgIpc) is 3.75. The largest absolute Gasteiger partial charge is 0.338 e. The van der Waals surface area contributed by atoms with Gasteiger partial charge in [0.15, 0.2) is 0 Å². The molecule has 1 fully saturated rings. The van der Waals surface area contributed by atoms with Gasteiger partial charge in [0.05, 0.1) is 16.9 Å². The molecule has 2 aromatic heterocycles. The summed E-state index contributed by atoms with van der Waals surface area (Å²) in [6, 6.07) is 8.74. The zero-order chi connectivity index (χ0) is 30.5. The minimum atomic E-state index is -0.675. The highest BCUT2D eigenvalue weighted by Crippen LogP contribution is 2.34. The van der Waals surface area contributed by atoms with E-state index in [2.05, 4.69) is 16.0 Å². The topological polar surface area (TPSA) is 136 Å². The molecule has 0 unspecified atom stereocenters. The highest BCUT2D eigenvalue weighted by Gasteiger charge is 2.32. The Morgan fingerprint density at radius 2 is 1.69 bits per heavy atom. The molecule has 13 heteroatoms. The molecule has 2 aromatic carbocycles. The minimum Gasteiger partial charge on any atom is -0.338 e. The molecular formula is C29H28FIN6O5. The Morgan fingerprint density at radius 3 is 2.29 bits per heavy atom. The van der Waals surface area contributed by atoms with Crippen molar-refractivity contribution >= 4 is 68.2 Å². The van der Waals surface area contributed by atoms with Gasteiger partial charge in [-0.25, -0.2) is 9.18 Å². The van der Waals surface area contributed by atoms with E-state index in [4.69, 9.17) is 0 Å². The van der Waals surface area contributed by atoms with Crippen LogP contribution in [-0.4, -0.2) is 25.5 Å². The molecule has 2 amide bonds. The summed E-state index contributed by atoms with van der Waals surface area (Å²) >= 11 is 1.98. The number of benzene rings is 2. The molecular weight excluding hydrogens is 658 g/mol. The van der Waals surface area contributed by atoms with Crippen LogP contribution in [-0.2, 0) is 16.6 Å². The number of amides is 2. The fraction of sp³-hybridized carbons (Fsp3) is 0.276. The van der Waals surface area contributed by atoms with Crippen LogP contribution >= 0.6 is 22.6 Å². The summed E-state index contributed by atoms with van der Waals surface area (Å²) in [6.07, 6.45) is 1.42. The lowest BCUT2D eigenvalue weighted by Crippen LogP contribution is -2.41. The van der Waals surface area contributed by atoms with Crippen LogP contribution in [0.5, 0.6) is 0 Å². The van der Waals surface area contributed by atoms with E-state index in [1.54, 1.807) is 19.1 Å². The molecule has 1 aliphatic carbocycles. The summed E-state index contributed by atoms with van der Waals surface area (Å²) in [4.78, 5) is 65.8. The van der Waals surface area contributed by atoms with Gasteiger partial charge in [0.25, 0.3) is 11.1 Å². The van der Waals surface area contributed by atoms with E-state index in [-0.39, 0.29) is 63.6 Å². The fourth-order valence-electron chi connectivity index (χ4n) is 4.91. The van der Waals surface area contributed by atoms with Crippen LogP contribution in [0.25, 0.3) is 16.6 Å². The number of aryl methyl sites for hydroxylation is 1. The third-order valence-electron chi connectivity index (χ3n) is 7.04. The normalized spacial score (nSPS) is 12.8. The lowest BCUT2D eigenvalue weighted by atomic mass is 10.1. The number of halogens is 2. The van der Waals surface area contributed by atoms with Gasteiger partial charge in [-0.15, -0.1) is 0 Å². The van der Waals surface area contributed by atoms with Crippen LogP contribution in [0.3, 0.4) is 0 Å². The van der Waals surface area contributed by atoms with Gasteiger partial charge < -0.3 is 16.0 Å². The smallest absolute Gasteiger partial charge is 0.336 e. The molecule has 4 aromatic rings. The first-order valence-electron chi connectivity index (χ1n) is 13.3. The SMILES string of the molecule is CCC(=O)Nc1cc(NC(C)=O)cc(-n2c(=O)n(C3CC3)c(=O)c3c(Nc4ccc(I)cc4F)n(C)c(=O)c(C)c32)c1. The number of hydrogen-bond acceptors (Lipinski definition) is 6. The molecule has 3 N–H and O–H groups in total. The lowest BCUT2D eigenvalue weighted by molar-refractivity contribution is -0.116. The van der Waals surface area contributed by atoms with Gasteiger partial charge in [0.1, 0.15) is 17.0 Å². The van der Waals surface area contributed by atoms with Gasteiger partial charge >= 0.3 is 5.69 Å². The quantitative estimate of drug-likeness (QED) is 0.249. The van der Waals surface area contributed by atoms with E-state index in [9.17, 15) is 28.4 Å². The predicted molar refractivity (Wildman–Crippen MR) is 168 cm³/mol. The Balaban J connectivity index is 1.90. The molecule has 0 atom stereocenters. The number of carbonyl (C=O) groups excluding carboxylic acids is 2. The van der Waals surface area contributed by atoms with E-state index in [0.717, 1.165) is 4.57 Å². The molecule has 0 aliphatic heterocycles. The number of aromatic nitrogens is 3. The van der Waals surface area contributed by atoms with Crippen LogP contribution in [0.1, 0.15) is 44.7 Å². The highest BCUT2D eigenvalue weighted by atomic mass is 127. The van der Waals surface area contributed by atoms with E-state index >= 15 is 0 Å². The number of nitrogens with one attached hydrogen (secondary N) is 3. The predicted octanol–water partition coefficient (Wildman–Crippen LogP) is 4.29. The van der Waals surface area contributed by atoms with Crippen molar-refractivity contribution in [2.24, 2.45) is 7.05 Å². The van der Waals surface area contributed by atoms with Crippen molar-refractivity contribution in [1.82, 2.24) is 13.7 Å². The first-order valence-corrected chi connectivity index (χ1v) is 14.3. The molecule has 0 spiro atoms. The van der Waals surface area contributed by atoms with Crippen molar-refractivity contribution in [3.63, 3.8) is 0 Å². The van der Waals surface area contributed by atoms with Crippen molar-refractivity contribution in [3.8, 4) is 5.69 Å². The maximum atomic E-state index is 14.9. The van der Waals surface area contributed by atoms with Gasteiger partial charge in [0.2, 0.25) is 11.8 Å². The standard InChI is InChI=1S/C29H28FIN6O5/c1-5-23(39)33-18-11-17(32-15(3)38)12-20(13-18)36-25-14(2)27(40)35(4)26(34-22-9-6-16(31)10-21(22)30)24(25)28(41)37(29(36)42)19-7-8-19/h6,9-13,19,34H,5,7-8H2,1-4H3,(H,32,38)(H,33,39). The molecule has 1 saturated carbocycles. The molecule has 42 heavy (non-hydrogen) atoms. The number of hydrogen-bond donors (Lipinski definition) is 3. The van der Waals surface area contributed by atoms with Crippen molar-refractivity contribution < 1.29 is 14.0 Å². The number of pyridine rings is 1. The molecule has 0 bridgehead atoms. The van der Waals surface area contributed by atoms with E-state index in [0.29, 0.717) is 22.1 Å². The lowest BCUT2D eigenvalue weighted by Gasteiger charge is -2.21. The second-order valence-electron chi connectivity index (χ2n) is 10.2. The van der Waals surface area contributed by atoms with Crippen molar-refractivity contribution in [2.45, 2.75) is 46.1 Å². The van der Waals surface area contributed by atoms with Crippen LogP contribution < -0.4 is 32.8 Å². The van der Waals surface area contributed by atoms with E-state index in [1.807, 2.05) is 22.6 Å². The average molecular weight is 686 g/mol. The summed E-state index contributed by atoms with van der Waals surface area (Å²) in [5.74, 6) is -1.24. The van der Waals surface area contributed by atoms with Crippen LogP contribution in [0.4, 0.5) is 27.3 Å². The zero-order valence-corrected chi connectivity index (χ0v) is 25.5. The van der Waals surface area contributed by atoms with Crippen LogP contribution in [0.15, 0.2) is 50.8 Å². The fourth-order valence-corrected chi connectivity index (χ4v) is 5.36. The zero-order valence-electron chi connectivity index (χ0n) is 23.3. The molecule has 218 valence electrons. The van der Waals surface area contributed by atoms with Crippen molar-refractivity contribution in [1.29, 1.82) is 0 Å². The third-order valence-corrected chi connectivity index (χ3v) is 7.71. The third kappa shape index (κ3) is 5.35. The van der Waals surface area contributed by atoms with Crippen LogP contribution in [0.2, 0.25) is 0 Å². The van der Waals surface area contributed by atoms with Gasteiger partial charge in [-0.3, -0.25) is 32.9 Å². The monoisotopic (exact) mass is 686 g/mol. The maximum Gasteiger partial charge on any atom is 0.336 e. The van der Waals surface area contributed by atoms with Gasteiger partial charge in [-0.2, -0.15) is 0 Å². The number of anilines is 4. The Hall–Kier alpha value is -4.27. The van der Waals surface area contributed by atoms with E-state index < -0.39 is 22.6 Å². The molecule has 5 rings (SSSR count). The maximum absolute atomic E-state index is 14.9. The Morgan fingerprint density at radius 1 is 1.02 bits per heavy atom. The number of fused-ring (bicyclic) bond motifs is 1. The Bertz CT molecular complexity index is 1980. The van der Waals surface area contributed by atoms with Gasteiger partial charge in [0, 0.05) is 46.9 Å². The summed E-state index contributed by atoms with van der Waals surface area (Å²) < 4.78 is 19.2. The first kappa shape index (κ1) is 29.2. The minimum absolute atomic E-state index is 0.0168. The van der Waals surface area contributed by atoms with Crippen LogP contribution in [0, 0.1) is 16.3 Å². The van der Waals surface area contributed by atoms with Gasteiger partial charge in [-0.1, -0.05) is 6.92 Å². The summed E-state index contributed by atoms with van der Waals surface area (Å²) in [5.41, 5.74) is -0.810. The molecule has 0 saturated heterocycles. The highest BCUT2D eigenvalue weighted by molar-refractivity contribution is 14.1. The van der Waals surface area contributed by atoms with Crippen molar-refractivity contribution in [3.05, 3.63) is 82.5 Å². The first-order chi connectivity index (χ1) is 19.9. The summed E-state index contributed by atoms with van der Waals surface area (Å²) in [5, 5.41) is 8.36. The van der Waals surface area contributed by atoms with Crippen molar-refractivity contribution in [2.75, 3.05) is 16.0 Å². The molecule has 2 heterocycles. The Labute approximate surface area is 252 Å². The number of carbonyl (C=O) groups is 2. The van der Waals surface area contributed by atoms with E-state index in [1.165, 1.54) is 54.3 Å². The molecule has 1 aliphatic rings. The van der Waals surface area contributed by atoms with Gasteiger partial charge in [-0.05, 0) is 78.8 Å².